The second-order valence-corrected chi connectivity index (χ2v) is 5.98. The van der Waals surface area contributed by atoms with Crippen molar-refractivity contribution < 1.29 is 0 Å². The highest BCUT2D eigenvalue weighted by Gasteiger charge is 2.11. The van der Waals surface area contributed by atoms with Gasteiger partial charge in [0.2, 0.25) is 0 Å². The van der Waals surface area contributed by atoms with Crippen LogP contribution in [0.15, 0.2) is 12.4 Å². The lowest BCUT2D eigenvalue weighted by atomic mass is 10.0. The first-order chi connectivity index (χ1) is 7.90. The molecule has 1 heterocycles. The van der Waals surface area contributed by atoms with Crippen LogP contribution in [-0.2, 0) is 13.0 Å². The maximum Gasteiger partial charge on any atom is 0.0521 e. The monoisotopic (exact) mass is 237 g/mol. The van der Waals surface area contributed by atoms with Crippen molar-refractivity contribution >= 4 is 0 Å². The third kappa shape index (κ3) is 5.87. The topological polar surface area (TPSA) is 29.9 Å². The molecule has 1 aromatic heterocycles. The molecule has 0 spiro atoms. The molecular weight excluding hydrogens is 210 g/mol. The van der Waals surface area contributed by atoms with E-state index in [1.165, 1.54) is 12.0 Å². The zero-order valence-corrected chi connectivity index (χ0v) is 12.0. The Morgan fingerprint density at radius 3 is 2.65 bits per heavy atom. The number of nitrogens with one attached hydrogen (secondary N) is 1. The van der Waals surface area contributed by atoms with Gasteiger partial charge < -0.3 is 5.32 Å². The molecule has 1 atom stereocenters. The van der Waals surface area contributed by atoms with Crippen LogP contribution in [0.5, 0.6) is 0 Å². The number of hydrogen-bond acceptors (Lipinski definition) is 2. The number of aromatic nitrogens is 2. The third-order valence-electron chi connectivity index (χ3n) is 2.92. The molecule has 0 radical (unpaired) electrons. The van der Waals surface area contributed by atoms with Gasteiger partial charge in [0.25, 0.3) is 0 Å². The Balaban J connectivity index is 2.25. The average Bonchev–Trinajstić information content (AvgIpc) is 2.70. The average molecular weight is 237 g/mol. The van der Waals surface area contributed by atoms with Gasteiger partial charge in [0.1, 0.15) is 0 Å². The van der Waals surface area contributed by atoms with Crippen LogP contribution in [0.4, 0.5) is 0 Å². The summed E-state index contributed by atoms with van der Waals surface area (Å²) in [4.78, 5) is 0. The molecule has 0 saturated carbocycles. The minimum absolute atomic E-state index is 0.224. The summed E-state index contributed by atoms with van der Waals surface area (Å²) < 4.78 is 1.99. The molecule has 0 aliphatic carbocycles. The summed E-state index contributed by atoms with van der Waals surface area (Å²) in [6, 6.07) is 0. The van der Waals surface area contributed by atoms with E-state index < -0.39 is 0 Å². The molecule has 1 rings (SSSR count). The fraction of sp³-hybridized carbons (Fsp3) is 0.786. The molecule has 0 aliphatic heterocycles. The van der Waals surface area contributed by atoms with Gasteiger partial charge in [-0.25, -0.2) is 0 Å². The van der Waals surface area contributed by atoms with E-state index in [0.29, 0.717) is 5.92 Å². The van der Waals surface area contributed by atoms with Crippen LogP contribution >= 0.6 is 0 Å². The van der Waals surface area contributed by atoms with Gasteiger partial charge in [-0.3, -0.25) is 4.68 Å². The molecule has 1 unspecified atom stereocenters. The first kappa shape index (κ1) is 14.2. The molecule has 1 N–H and O–H groups in total. The lowest BCUT2D eigenvalue weighted by Crippen LogP contribution is -2.38. The first-order valence-electron chi connectivity index (χ1n) is 6.67. The van der Waals surface area contributed by atoms with Crippen LogP contribution in [0, 0.1) is 5.92 Å². The Labute approximate surface area is 106 Å². The van der Waals surface area contributed by atoms with E-state index in [2.05, 4.69) is 51.2 Å². The molecule has 3 nitrogen and oxygen atoms in total. The minimum atomic E-state index is 0.224. The highest BCUT2D eigenvalue weighted by Crippen LogP contribution is 2.10. The lowest BCUT2D eigenvalue weighted by Gasteiger charge is -2.23. The molecule has 3 heteroatoms. The molecule has 0 fully saturated rings. The van der Waals surface area contributed by atoms with E-state index in [4.69, 9.17) is 0 Å². The van der Waals surface area contributed by atoms with Crippen LogP contribution in [0.3, 0.4) is 0 Å². The van der Waals surface area contributed by atoms with Crippen molar-refractivity contribution in [2.45, 2.75) is 59.5 Å². The highest BCUT2D eigenvalue weighted by molar-refractivity contribution is 5.03. The van der Waals surface area contributed by atoms with Crippen LogP contribution in [-0.4, -0.2) is 21.9 Å². The van der Waals surface area contributed by atoms with Gasteiger partial charge in [-0.2, -0.15) is 5.10 Å². The Hall–Kier alpha value is -0.830. The summed E-state index contributed by atoms with van der Waals surface area (Å²) in [5, 5.41) is 7.85. The van der Waals surface area contributed by atoms with E-state index in [1.54, 1.807) is 0 Å². The molecular formula is C14H27N3. The van der Waals surface area contributed by atoms with Gasteiger partial charge in [-0.15, -0.1) is 0 Å². The van der Waals surface area contributed by atoms with E-state index >= 15 is 0 Å². The van der Waals surface area contributed by atoms with E-state index in [-0.39, 0.29) is 5.54 Å². The summed E-state index contributed by atoms with van der Waals surface area (Å²) in [7, 11) is 0. The number of aryl methyl sites for hydroxylation is 2. The Kier molecular flexibility index (Phi) is 5.19. The van der Waals surface area contributed by atoms with Crippen molar-refractivity contribution in [3.8, 4) is 0 Å². The van der Waals surface area contributed by atoms with Crippen molar-refractivity contribution in [3.63, 3.8) is 0 Å². The van der Waals surface area contributed by atoms with Crippen LogP contribution in [0.1, 0.15) is 46.6 Å². The molecule has 17 heavy (non-hydrogen) atoms. The van der Waals surface area contributed by atoms with Gasteiger partial charge in [0.15, 0.2) is 0 Å². The normalized spacial score (nSPS) is 13.9. The molecule has 0 aromatic carbocycles. The third-order valence-corrected chi connectivity index (χ3v) is 2.92. The predicted molar refractivity (Wildman–Crippen MR) is 73.1 cm³/mol. The molecule has 0 saturated heterocycles. The van der Waals surface area contributed by atoms with Crippen molar-refractivity contribution in [3.05, 3.63) is 18.0 Å². The van der Waals surface area contributed by atoms with Gasteiger partial charge in [-0.05, 0) is 58.6 Å². The van der Waals surface area contributed by atoms with E-state index in [0.717, 1.165) is 19.5 Å². The zero-order valence-electron chi connectivity index (χ0n) is 12.0. The summed E-state index contributed by atoms with van der Waals surface area (Å²) in [6.45, 7) is 13.1. The maximum atomic E-state index is 4.30. The molecule has 0 bridgehead atoms. The summed E-state index contributed by atoms with van der Waals surface area (Å²) in [6.07, 6.45) is 6.50. The molecule has 98 valence electrons. The van der Waals surface area contributed by atoms with E-state index in [1.807, 2.05) is 10.9 Å². The second kappa shape index (κ2) is 6.20. The summed E-state index contributed by atoms with van der Waals surface area (Å²) in [5.74, 6) is 0.708. The van der Waals surface area contributed by atoms with Crippen molar-refractivity contribution in [2.75, 3.05) is 6.54 Å². The Bertz CT molecular complexity index is 322. The first-order valence-corrected chi connectivity index (χ1v) is 6.67. The largest absolute Gasteiger partial charge is 0.312 e. The van der Waals surface area contributed by atoms with E-state index in [9.17, 15) is 0 Å². The second-order valence-electron chi connectivity index (χ2n) is 5.98. The van der Waals surface area contributed by atoms with Crippen molar-refractivity contribution in [1.82, 2.24) is 15.1 Å². The summed E-state index contributed by atoms with van der Waals surface area (Å²) in [5.41, 5.74) is 1.58. The number of hydrogen-bond donors (Lipinski definition) is 1. The zero-order chi connectivity index (χ0) is 12.9. The maximum absolute atomic E-state index is 4.30. The fourth-order valence-corrected chi connectivity index (χ4v) is 1.70. The highest BCUT2D eigenvalue weighted by atomic mass is 15.3. The van der Waals surface area contributed by atoms with Gasteiger partial charge in [-0.1, -0.05) is 6.92 Å². The predicted octanol–water partition coefficient (Wildman–Crippen LogP) is 2.86. The molecule has 0 amide bonds. The van der Waals surface area contributed by atoms with Gasteiger partial charge >= 0.3 is 0 Å². The number of nitrogens with zero attached hydrogens (tertiary/aromatic N) is 2. The minimum Gasteiger partial charge on any atom is -0.312 e. The lowest BCUT2D eigenvalue weighted by molar-refractivity contribution is 0.372. The van der Waals surface area contributed by atoms with Crippen LogP contribution in [0.2, 0.25) is 0 Å². The molecule has 0 aliphatic rings. The summed E-state index contributed by atoms with van der Waals surface area (Å²) >= 11 is 0. The smallest absolute Gasteiger partial charge is 0.0521 e. The van der Waals surface area contributed by atoms with Crippen LogP contribution < -0.4 is 5.32 Å². The van der Waals surface area contributed by atoms with Gasteiger partial charge in [0.05, 0.1) is 6.20 Å². The standard InChI is InChI=1S/C14H27N3/c1-6-17-11-13(10-16-17)8-7-12(2)9-15-14(3,4)5/h10-12,15H,6-9H2,1-5H3. The number of rotatable bonds is 6. The SMILES string of the molecule is CCn1cc(CCC(C)CNC(C)(C)C)cn1. The fourth-order valence-electron chi connectivity index (χ4n) is 1.70. The van der Waals surface area contributed by atoms with Gasteiger partial charge in [0, 0.05) is 18.3 Å². The van der Waals surface area contributed by atoms with Crippen molar-refractivity contribution in [2.24, 2.45) is 5.92 Å². The van der Waals surface area contributed by atoms with Crippen LogP contribution in [0.25, 0.3) is 0 Å². The Morgan fingerprint density at radius 1 is 1.41 bits per heavy atom. The molecule has 1 aromatic rings. The quantitative estimate of drug-likeness (QED) is 0.824. The Morgan fingerprint density at radius 2 is 2.12 bits per heavy atom. The van der Waals surface area contributed by atoms with Crippen molar-refractivity contribution in [1.29, 1.82) is 0 Å².